The van der Waals surface area contributed by atoms with Crippen LogP contribution in [0.2, 0.25) is 0 Å². The van der Waals surface area contributed by atoms with Crippen LogP contribution in [0.25, 0.3) is 115 Å². The number of nitrogens with zero attached hydrogens (tertiary/aromatic N) is 4. The van der Waals surface area contributed by atoms with Crippen molar-refractivity contribution in [3.63, 3.8) is 0 Å². The lowest BCUT2D eigenvalue weighted by molar-refractivity contribution is 1.15. The third-order valence-corrected chi connectivity index (χ3v) is 14.2. The summed E-state index contributed by atoms with van der Waals surface area (Å²) in [6.07, 6.45) is 0. The third-order valence-electron chi connectivity index (χ3n) is 14.2. The van der Waals surface area contributed by atoms with E-state index in [-0.39, 0.29) is 0 Å². The fraction of sp³-hybridized carbons (Fsp3) is 0.0746. The van der Waals surface area contributed by atoms with Gasteiger partial charge in [-0.05, 0) is 138 Å². The number of aromatic nitrogens is 2. The molecule has 2 heterocycles. The lowest BCUT2D eigenvalue weighted by Gasteiger charge is -2.21. The quantitative estimate of drug-likeness (QED) is 0.147. The van der Waals surface area contributed by atoms with E-state index in [1.165, 1.54) is 22.3 Å². The summed E-state index contributed by atoms with van der Waals surface area (Å²) in [6, 6.07) is 74.4. The number of hydrogen-bond acceptors (Lipinski definition) is 1. The van der Waals surface area contributed by atoms with E-state index in [2.05, 4.69) is 236 Å². The summed E-state index contributed by atoms with van der Waals surface area (Å²) in [5, 5.41) is 14.8. The van der Waals surface area contributed by atoms with Crippen LogP contribution in [0.5, 0.6) is 0 Å². The minimum absolute atomic E-state index is 0.504. The summed E-state index contributed by atoms with van der Waals surface area (Å²) in [7, 11) is 0. The second-order valence-corrected chi connectivity index (χ2v) is 19.2. The first-order valence-electron chi connectivity index (χ1n) is 24.1. The van der Waals surface area contributed by atoms with Crippen LogP contribution in [0.1, 0.15) is 33.4 Å². The second-order valence-electron chi connectivity index (χ2n) is 19.2. The molecule has 0 bridgehead atoms. The molecule has 0 aliphatic heterocycles. The first kappa shape index (κ1) is 43.1. The molecule has 0 spiro atoms. The highest BCUT2D eigenvalue weighted by Gasteiger charge is 2.26. The maximum absolute atomic E-state index is 10.4. The Morgan fingerprint density at radius 3 is 1.10 bits per heavy atom. The molecule has 0 aliphatic carbocycles. The average Bonchev–Trinajstić information content (AvgIpc) is 3.89. The number of rotatable bonds is 7. The number of benzene rings is 10. The van der Waals surface area contributed by atoms with Crippen molar-refractivity contribution in [1.82, 2.24) is 9.13 Å². The summed E-state index contributed by atoms with van der Waals surface area (Å²) >= 11 is 0. The number of hydrogen-bond donors (Lipinski definition) is 0. The normalized spacial score (nSPS) is 11.4. The fourth-order valence-electron chi connectivity index (χ4n) is 10.9. The van der Waals surface area contributed by atoms with Gasteiger partial charge in [-0.1, -0.05) is 180 Å². The van der Waals surface area contributed by atoms with Crippen molar-refractivity contribution in [2.75, 3.05) is 0 Å². The maximum Gasteiger partial charge on any atom is 0.234 e. The van der Waals surface area contributed by atoms with Crippen LogP contribution in [-0.4, -0.2) is 9.13 Å². The molecule has 0 fully saturated rings. The first-order chi connectivity index (χ1) is 34.6. The third kappa shape index (κ3) is 7.46. The molecule has 4 heteroatoms. The number of fused-ring (bicyclic) bond motifs is 6. The molecule has 0 N–H and O–H groups in total. The van der Waals surface area contributed by atoms with Crippen LogP contribution < -0.4 is 0 Å². The zero-order chi connectivity index (χ0) is 48.5. The minimum atomic E-state index is 0.504. The Morgan fingerprint density at radius 2 is 0.732 bits per heavy atom. The van der Waals surface area contributed by atoms with Crippen LogP contribution in [0, 0.1) is 52.5 Å². The van der Waals surface area contributed by atoms with Crippen molar-refractivity contribution in [3.8, 4) is 73.1 Å². The first-order valence-corrected chi connectivity index (χ1v) is 24.1. The van der Waals surface area contributed by atoms with Gasteiger partial charge in [-0.3, -0.25) is 0 Å². The topological polar surface area (TPSA) is 38.0 Å². The van der Waals surface area contributed by atoms with Gasteiger partial charge in [0.2, 0.25) is 5.69 Å². The van der Waals surface area contributed by atoms with Gasteiger partial charge in [0.15, 0.2) is 0 Å². The Morgan fingerprint density at radius 1 is 0.366 bits per heavy atom. The monoisotopic (exact) mass is 908 g/mol. The van der Waals surface area contributed by atoms with Crippen molar-refractivity contribution in [2.24, 2.45) is 0 Å². The highest BCUT2D eigenvalue weighted by atomic mass is 15.1. The lowest BCUT2D eigenvalue weighted by Crippen LogP contribution is -2.03. The van der Waals surface area contributed by atoms with Gasteiger partial charge >= 0.3 is 0 Å². The predicted molar refractivity (Wildman–Crippen MR) is 297 cm³/mol. The zero-order valence-electron chi connectivity index (χ0n) is 40.3. The van der Waals surface area contributed by atoms with Crippen LogP contribution in [0.3, 0.4) is 0 Å². The van der Waals surface area contributed by atoms with E-state index < -0.39 is 0 Å². The molecule has 0 saturated carbocycles. The van der Waals surface area contributed by atoms with Gasteiger partial charge in [0.05, 0.1) is 51.6 Å². The predicted octanol–water partition coefficient (Wildman–Crippen LogP) is 18.2. The summed E-state index contributed by atoms with van der Waals surface area (Å²) in [6.45, 7) is 20.0. The van der Waals surface area contributed by atoms with Gasteiger partial charge in [0.1, 0.15) is 0 Å². The molecule has 0 radical (unpaired) electrons. The second kappa shape index (κ2) is 17.1. The Bertz CT molecular complexity index is 4050. The van der Waals surface area contributed by atoms with Gasteiger partial charge < -0.3 is 9.13 Å². The van der Waals surface area contributed by atoms with E-state index in [1.54, 1.807) is 0 Å². The van der Waals surface area contributed by atoms with Gasteiger partial charge in [-0.15, -0.1) is 0 Å². The molecule has 2 aromatic heterocycles. The van der Waals surface area contributed by atoms with Gasteiger partial charge in [0, 0.05) is 21.5 Å². The number of aryl methyl sites for hydroxylation is 5. The highest BCUT2D eigenvalue weighted by molar-refractivity contribution is 6.14. The van der Waals surface area contributed by atoms with E-state index in [1.807, 2.05) is 19.1 Å². The fourth-order valence-corrected chi connectivity index (χ4v) is 10.9. The van der Waals surface area contributed by atoms with Crippen molar-refractivity contribution in [2.45, 2.75) is 34.6 Å². The lowest BCUT2D eigenvalue weighted by atomic mass is 9.97. The summed E-state index contributed by atoms with van der Waals surface area (Å²) < 4.78 is 4.67. The zero-order valence-corrected chi connectivity index (χ0v) is 40.3. The Kier molecular flexibility index (Phi) is 10.4. The Hall–Kier alpha value is -9.22. The standard InChI is InChI=1S/C67H48N4/c1-41-11-7-15-47(30-41)51-19-23-57-58-24-20-52(48-16-8-12-42(2)31-48)37-63(58)70(62(57)36-51)61-28-27-56(55-34-45(5)29-46(35-55)40-68)67(66(61)69-6)71-64-38-53(49-17-9-13-43(3)32-49)21-25-59(64)60-26-22-54(39-65(60)71)50-18-10-14-44(4)33-50/h7-39H,1-5H3. The van der Waals surface area contributed by atoms with Gasteiger partial charge in [0.25, 0.3) is 0 Å². The summed E-state index contributed by atoms with van der Waals surface area (Å²) in [5.41, 5.74) is 23.0. The summed E-state index contributed by atoms with van der Waals surface area (Å²) in [4.78, 5) is 4.67. The van der Waals surface area contributed by atoms with E-state index in [0.29, 0.717) is 11.3 Å². The molecule has 0 atom stereocenters. The smallest absolute Gasteiger partial charge is 0.234 e. The largest absolute Gasteiger partial charge is 0.319 e. The molecule has 0 unspecified atom stereocenters. The molecule has 12 rings (SSSR count). The average molecular weight is 909 g/mol. The van der Waals surface area contributed by atoms with Crippen molar-refractivity contribution >= 4 is 49.3 Å². The van der Waals surface area contributed by atoms with Crippen LogP contribution in [0.15, 0.2) is 200 Å². The van der Waals surface area contributed by atoms with E-state index in [9.17, 15) is 11.8 Å². The molecule has 336 valence electrons. The molecule has 0 aliphatic rings. The van der Waals surface area contributed by atoms with Crippen LogP contribution >= 0.6 is 0 Å². The maximum atomic E-state index is 10.4. The van der Waals surface area contributed by atoms with Crippen LogP contribution in [-0.2, 0) is 0 Å². The Labute approximate surface area is 414 Å². The minimum Gasteiger partial charge on any atom is -0.319 e. The van der Waals surface area contributed by atoms with Gasteiger partial charge in [-0.25, -0.2) is 4.85 Å². The molecular formula is C67H48N4. The molecule has 10 aromatic carbocycles. The van der Waals surface area contributed by atoms with E-state index in [4.69, 9.17) is 0 Å². The molecule has 12 aromatic rings. The van der Waals surface area contributed by atoms with Crippen molar-refractivity contribution < 1.29 is 0 Å². The van der Waals surface area contributed by atoms with Crippen LogP contribution in [0.4, 0.5) is 5.69 Å². The molecule has 0 amide bonds. The highest BCUT2D eigenvalue weighted by Crippen LogP contribution is 2.48. The van der Waals surface area contributed by atoms with E-state index in [0.717, 1.165) is 116 Å². The van der Waals surface area contributed by atoms with E-state index >= 15 is 0 Å². The Balaban J connectivity index is 1.25. The van der Waals surface area contributed by atoms with Crippen molar-refractivity contribution in [1.29, 1.82) is 5.26 Å². The molecule has 4 nitrogen and oxygen atoms in total. The van der Waals surface area contributed by atoms with Crippen molar-refractivity contribution in [3.05, 3.63) is 245 Å². The molecule has 71 heavy (non-hydrogen) atoms. The molecule has 0 saturated heterocycles. The molecular weight excluding hydrogens is 861 g/mol. The van der Waals surface area contributed by atoms with Gasteiger partial charge in [-0.2, -0.15) is 5.26 Å². The summed E-state index contributed by atoms with van der Waals surface area (Å²) in [5.74, 6) is 0. The number of nitriles is 1. The SMILES string of the molecule is [C-]#[N+]c1c(-n2c3cc(-c4cccc(C)c4)ccc3c3ccc(-c4cccc(C)c4)cc32)ccc(-c2cc(C)cc(C#N)c2)c1-n1c2cc(-c3cccc(C)c3)ccc2c2ccc(-c3cccc(C)c3)cc21.